The fourth-order valence-electron chi connectivity index (χ4n) is 2.08. The molecule has 0 amide bonds. The summed E-state index contributed by atoms with van der Waals surface area (Å²) >= 11 is 0. The quantitative estimate of drug-likeness (QED) is 0.485. The zero-order chi connectivity index (χ0) is 14.0. The van der Waals surface area contributed by atoms with Crippen molar-refractivity contribution in [2.45, 2.75) is 59.8 Å². The van der Waals surface area contributed by atoms with Gasteiger partial charge >= 0.3 is 11.9 Å². The van der Waals surface area contributed by atoms with Gasteiger partial charge in [0.15, 0.2) is 0 Å². The molecule has 0 aromatic carbocycles. The Morgan fingerprint density at radius 3 is 1.89 bits per heavy atom. The first-order valence-electron chi connectivity index (χ1n) is 6.89. The summed E-state index contributed by atoms with van der Waals surface area (Å²) in [4.78, 5) is 23.3. The summed E-state index contributed by atoms with van der Waals surface area (Å²) in [6.45, 7) is 8.39. The van der Waals surface area contributed by atoms with Crippen LogP contribution in [0.25, 0.3) is 0 Å². The van der Waals surface area contributed by atoms with E-state index in [1.807, 2.05) is 20.8 Å². The third kappa shape index (κ3) is 6.97. The van der Waals surface area contributed by atoms with Crippen LogP contribution < -0.4 is 0 Å². The topological polar surface area (TPSA) is 52.6 Å². The van der Waals surface area contributed by atoms with Gasteiger partial charge in [-0.15, -0.1) is 0 Å². The van der Waals surface area contributed by atoms with Crippen LogP contribution in [-0.4, -0.2) is 25.2 Å². The maximum Gasteiger partial charge on any atom is 0.312 e. The molecule has 0 aliphatic carbocycles. The molecule has 0 aliphatic heterocycles. The van der Waals surface area contributed by atoms with Crippen LogP contribution in [0.15, 0.2) is 0 Å². The van der Waals surface area contributed by atoms with Gasteiger partial charge in [0.25, 0.3) is 0 Å². The molecule has 0 N–H and O–H groups in total. The zero-order valence-corrected chi connectivity index (χ0v) is 13.5. The molecule has 0 fully saturated rings. The summed E-state index contributed by atoms with van der Waals surface area (Å²) in [5.41, 5.74) is -0.442. The monoisotopic (exact) mass is 314 g/mol. The number of esters is 2. The smallest absolute Gasteiger partial charge is 0.312 e. The maximum absolute atomic E-state index is 12.0. The Morgan fingerprint density at radius 2 is 1.47 bits per heavy atom. The molecule has 0 radical (unpaired) electrons. The zero-order valence-electron chi connectivity index (χ0n) is 12.4. The second-order valence-corrected chi connectivity index (χ2v) is 4.37. The molecule has 0 spiro atoms. The van der Waals surface area contributed by atoms with Crippen LogP contribution in [0.5, 0.6) is 0 Å². The van der Waals surface area contributed by atoms with Crippen molar-refractivity contribution < 1.29 is 36.1 Å². The molecular weight excluding hydrogens is 288 g/mol. The third-order valence-electron chi connectivity index (χ3n) is 3.40. The van der Waals surface area contributed by atoms with Gasteiger partial charge in [-0.3, -0.25) is 9.59 Å². The SMILES string of the molecule is CCOC(=O)CCCC(CC)(CC)C(=O)OCC.[Fe]. The van der Waals surface area contributed by atoms with Crippen LogP contribution in [0, 0.1) is 5.41 Å². The molecule has 0 aromatic heterocycles. The minimum absolute atomic E-state index is 0. The summed E-state index contributed by atoms with van der Waals surface area (Å²) in [5, 5.41) is 0. The molecule has 114 valence electrons. The number of hydrogen-bond donors (Lipinski definition) is 0. The molecule has 0 rings (SSSR count). The normalized spacial score (nSPS) is 10.5. The predicted octanol–water partition coefficient (Wildman–Crippen LogP) is 3.09. The van der Waals surface area contributed by atoms with Crippen molar-refractivity contribution in [3.63, 3.8) is 0 Å². The van der Waals surface area contributed by atoms with E-state index in [0.717, 1.165) is 12.8 Å². The van der Waals surface area contributed by atoms with Gasteiger partial charge in [-0.25, -0.2) is 0 Å². The van der Waals surface area contributed by atoms with Crippen molar-refractivity contribution in [1.82, 2.24) is 0 Å². The van der Waals surface area contributed by atoms with Crippen LogP contribution >= 0.6 is 0 Å². The fraction of sp³-hybridized carbons (Fsp3) is 0.857. The summed E-state index contributed by atoms with van der Waals surface area (Å²) in [7, 11) is 0. The molecule has 5 heteroatoms. The van der Waals surface area contributed by atoms with E-state index < -0.39 is 5.41 Å². The average molecular weight is 314 g/mol. The summed E-state index contributed by atoms with van der Waals surface area (Å²) < 4.78 is 10.0. The standard InChI is InChI=1S/C14H26O4.Fe/c1-5-14(6-2,13(16)18-8-4)11-9-10-12(15)17-7-3;/h5-11H2,1-4H3;. The van der Waals surface area contributed by atoms with E-state index in [1.54, 1.807) is 6.92 Å². The van der Waals surface area contributed by atoms with Crippen LogP contribution in [-0.2, 0) is 36.1 Å². The molecule has 0 heterocycles. The Bertz CT molecular complexity index is 262. The van der Waals surface area contributed by atoms with Crippen molar-refractivity contribution in [3.05, 3.63) is 0 Å². The Hall–Kier alpha value is -0.541. The van der Waals surface area contributed by atoms with Gasteiger partial charge in [0.1, 0.15) is 0 Å². The Morgan fingerprint density at radius 1 is 0.947 bits per heavy atom. The molecule has 0 saturated heterocycles. The van der Waals surface area contributed by atoms with Crippen LogP contribution in [0.1, 0.15) is 59.8 Å². The fourth-order valence-corrected chi connectivity index (χ4v) is 2.08. The van der Waals surface area contributed by atoms with Crippen molar-refractivity contribution in [1.29, 1.82) is 0 Å². The van der Waals surface area contributed by atoms with Gasteiger partial charge in [-0.1, -0.05) is 13.8 Å². The van der Waals surface area contributed by atoms with E-state index in [-0.39, 0.29) is 29.0 Å². The molecular formula is C14H26FeO4. The van der Waals surface area contributed by atoms with Crippen LogP contribution in [0.2, 0.25) is 0 Å². The van der Waals surface area contributed by atoms with Gasteiger partial charge in [-0.05, 0) is 39.5 Å². The Labute approximate surface area is 127 Å². The number of ether oxygens (including phenoxy) is 2. The van der Waals surface area contributed by atoms with Gasteiger partial charge in [0.2, 0.25) is 0 Å². The summed E-state index contributed by atoms with van der Waals surface area (Å²) in [6, 6.07) is 0. The van der Waals surface area contributed by atoms with E-state index in [2.05, 4.69) is 0 Å². The number of carbonyl (C=O) groups is 2. The van der Waals surface area contributed by atoms with Crippen molar-refractivity contribution in [3.8, 4) is 0 Å². The minimum Gasteiger partial charge on any atom is -0.466 e. The van der Waals surface area contributed by atoms with E-state index >= 15 is 0 Å². The molecule has 19 heavy (non-hydrogen) atoms. The van der Waals surface area contributed by atoms with Crippen LogP contribution in [0.4, 0.5) is 0 Å². The van der Waals surface area contributed by atoms with Crippen molar-refractivity contribution in [2.75, 3.05) is 13.2 Å². The largest absolute Gasteiger partial charge is 0.466 e. The first-order chi connectivity index (χ1) is 8.56. The molecule has 0 aromatic rings. The van der Waals surface area contributed by atoms with Gasteiger partial charge in [-0.2, -0.15) is 0 Å². The van der Waals surface area contributed by atoms with Crippen LogP contribution in [0.3, 0.4) is 0 Å². The number of carbonyl (C=O) groups excluding carboxylic acids is 2. The van der Waals surface area contributed by atoms with E-state index in [4.69, 9.17) is 9.47 Å². The molecule has 0 bridgehead atoms. The second kappa shape index (κ2) is 11.3. The molecule has 0 aliphatic rings. The summed E-state index contributed by atoms with van der Waals surface area (Å²) in [5.74, 6) is -0.332. The van der Waals surface area contributed by atoms with Gasteiger partial charge in [0.05, 0.1) is 18.6 Å². The molecule has 4 nitrogen and oxygen atoms in total. The van der Waals surface area contributed by atoms with Crippen molar-refractivity contribution in [2.24, 2.45) is 5.41 Å². The first kappa shape index (κ1) is 20.8. The number of rotatable bonds is 9. The van der Waals surface area contributed by atoms with Crippen molar-refractivity contribution >= 4 is 11.9 Å². The Balaban J connectivity index is 0. The second-order valence-electron chi connectivity index (χ2n) is 4.37. The Kier molecular flexibility index (Phi) is 12.4. The van der Waals surface area contributed by atoms with Gasteiger partial charge in [0, 0.05) is 23.5 Å². The molecule has 0 saturated carbocycles. The van der Waals surface area contributed by atoms with E-state index in [9.17, 15) is 9.59 Å². The summed E-state index contributed by atoms with van der Waals surface area (Å²) in [6.07, 6.45) is 3.20. The third-order valence-corrected chi connectivity index (χ3v) is 3.40. The average Bonchev–Trinajstić information content (AvgIpc) is 2.35. The van der Waals surface area contributed by atoms with E-state index in [1.165, 1.54) is 0 Å². The molecule has 0 atom stereocenters. The van der Waals surface area contributed by atoms with E-state index in [0.29, 0.717) is 32.5 Å². The van der Waals surface area contributed by atoms with Gasteiger partial charge < -0.3 is 9.47 Å². The molecule has 0 unspecified atom stereocenters. The maximum atomic E-state index is 12.0. The first-order valence-corrected chi connectivity index (χ1v) is 6.89. The predicted molar refractivity (Wildman–Crippen MR) is 70.1 cm³/mol. The number of hydrogen-bond acceptors (Lipinski definition) is 4. The minimum atomic E-state index is -0.442.